The number of hydrogen-bond acceptors (Lipinski definition) is 5. The molecule has 0 unspecified atom stereocenters. The number of ether oxygens (including phenoxy) is 2. The Bertz CT molecular complexity index is 1360. The molecule has 152 valence electrons. The highest BCUT2D eigenvalue weighted by molar-refractivity contribution is 5.91. The molecule has 0 saturated carbocycles. The Morgan fingerprint density at radius 1 is 1.13 bits per heavy atom. The molecule has 2 aromatic heterocycles. The summed E-state index contributed by atoms with van der Waals surface area (Å²) < 4.78 is 40.6. The lowest BCUT2D eigenvalue weighted by Crippen LogP contribution is -2.33. The van der Waals surface area contributed by atoms with Gasteiger partial charge in [0.1, 0.15) is 6.61 Å². The predicted octanol–water partition coefficient (Wildman–Crippen LogP) is 2.94. The van der Waals surface area contributed by atoms with Gasteiger partial charge in [-0.15, -0.1) is 0 Å². The Labute approximate surface area is 169 Å². The molecule has 0 radical (unpaired) electrons. The van der Waals surface area contributed by atoms with Gasteiger partial charge >= 0.3 is 5.97 Å². The second-order valence-corrected chi connectivity index (χ2v) is 7.89. The Balaban J connectivity index is 1.67. The summed E-state index contributed by atoms with van der Waals surface area (Å²) in [5, 5.41) is 0.665. The molecule has 1 atom stereocenters. The van der Waals surface area contributed by atoms with Gasteiger partial charge in [-0.2, -0.15) is 0 Å². The van der Waals surface area contributed by atoms with Crippen LogP contribution < -0.4 is 5.56 Å². The van der Waals surface area contributed by atoms with Crippen LogP contribution in [0.2, 0.25) is 0 Å². The molecule has 1 aromatic carbocycles. The molecule has 4 heterocycles. The monoisotopic (exact) mass is 410 g/mol. The van der Waals surface area contributed by atoms with Crippen molar-refractivity contribution in [3.63, 3.8) is 0 Å². The van der Waals surface area contributed by atoms with Gasteiger partial charge in [-0.1, -0.05) is 0 Å². The fourth-order valence-electron chi connectivity index (χ4n) is 5.07. The minimum absolute atomic E-state index is 0.105. The third-order valence-corrected chi connectivity index (χ3v) is 6.42. The van der Waals surface area contributed by atoms with Crippen LogP contribution >= 0.6 is 0 Å². The van der Waals surface area contributed by atoms with Crippen LogP contribution in [-0.4, -0.2) is 22.6 Å². The molecule has 3 aromatic rings. The normalized spacial score (nSPS) is 18.8. The van der Waals surface area contributed by atoms with Gasteiger partial charge in [0.2, 0.25) is 0 Å². The Kier molecular flexibility index (Phi) is 3.51. The lowest BCUT2D eigenvalue weighted by atomic mass is 9.86. The van der Waals surface area contributed by atoms with Crippen molar-refractivity contribution in [2.24, 2.45) is 0 Å². The van der Waals surface area contributed by atoms with Crippen LogP contribution in [0.3, 0.4) is 0 Å². The number of methoxy groups -OCH3 is 1. The third-order valence-electron chi connectivity index (χ3n) is 6.42. The van der Waals surface area contributed by atoms with Gasteiger partial charge in [0.15, 0.2) is 17.7 Å². The van der Waals surface area contributed by atoms with E-state index in [9.17, 15) is 18.4 Å². The van der Waals surface area contributed by atoms with E-state index < -0.39 is 23.7 Å². The van der Waals surface area contributed by atoms with E-state index in [0.717, 1.165) is 17.2 Å². The Morgan fingerprint density at radius 2 is 1.93 bits per heavy atom. The molecule has 0 saturated heterocycles. The van der Waals surface area contributed by atoms with Crippen LogP contribution in [0.5, 0.6) is 0 Å². The molecule has 1 aliphatic carbocycles. The zero-order valence-electron chi connectivity index (χ0n) is 16.1. The number of benzene rings is 1. The molecule has 2 aliphatic heterocycles. The standard InChI is InChI=1S/C22H16F2N2O4/c1-29-20-11-5-16-19-12(7-26(16)21(27)13(11)8-30-22(20)28)9-3-2-4-10-17(9)15(25-19)6-14(23)18(10)24/h5-6,20H,2-4,7-8H2,1H3/t20-/m0/s1. The Hall–Kier alpha value is -3.13. The number of carbonyl (C=O) groups excluding carboxylic acids is 1. The maximum Gasteiger partial charge on any atom is 0.340 e. The fraction of sp³-hybridized carbons (Fsp3) is 0.318. The quantitative estimate of drug-likeness (QED) is 0.452. The number of cyclic esters (lactones) is 1. The van der Waals surface area contributed by atoms with Crippen LogP contribution in [-0.2, 0) is 40.3 Å². The summed E-state index contributed by atoms with van der Waals surface area (Å²) >= 11 is 0. The van der Waals surface area contributed by atoms with Crippen LogP contribution in [0.1, 0.15) is 40.3 Å². The number of aromatic nitrogens is 2. The number of fused-ring (bicyclic) bond motifs is 5. The average molecular weight is 410 g/mol. The van der Waals surface area contributed by atoms with Crippen molar-refractivity contribution in [1.29, 1.82) is 0 Å². The lowest BCUT2D eigenvalue weighted by molar-refractivity contribution is -0.159. The topological polar surface area (TPSA) is 70.4 Å². The number of nitrogens with zero attached hydrogens (tertiary/aromatic N) is 2. The second kappa shape index (κ2) is 5.95. The molecule has 0 amide bonds. The first-order valence-electron chi connectivity index (χ1n) is 9.78. The Morgan fingerprint density at radius 3 is 2.73 bits per heavy atom. The van der Waals surface area contributed by atoms with Gasteiger partial charge in [0.05, 0.1) is 29.0 Å². The van der Waals surface area contributed by atoms with Crippen LogP contribution in [0.25, 0.3) is 22.3 Å². The minimum Gasteiger partial charge on any atom is -0.458 e. The highest BCUT2D eigenvalue weighted by atomic mass is 19.2. The van der Waals surface area contributed by atoms with Gasteiger partial charge in [0, 0.05) is 35.3 Å². The molecule has 8 heteroatoms. The highest BCUT2D eigenvalue weighted by Crippen LogP contribution is 2.42. The third kappa shape index (κ3) is 2.11. The first-order chi connectivity index (χ1) is 14.5. The zero-order chi connectivity index (χ0) is 20.7. The fourth-order valence-corrected chi connectivity index (χ4v) is 5.07. The summed E-state index contributed by atoms with van der Waals surface area (Å²) in [6, 6.07) is 2.87. The van der Waals surface area contributed by atoms with Crippen LogP contribution in [0, 0.1) is 11.6 Å². The molecule has 6 rings (SSSR count). The van der Waals surface area contributed by atoms with E-state index in [1.807, 2.05) is 0 Å². The maximum atomic E-state index is 14.4. The molecule has 0 spiro atoms. The van der Waals surface area contributed by atoms with E-state index in [-0.39, 0.29) is 12.2 Å². The van der Waals surface area contributed by atoms with Gasteiger partial charge in [-0.25, -0.2) is 18.6 Å². The van der Waals surface area contributed by atoms with E-state index >= 15 is 0 Å². The first kappa shape index (κ1) is 17.7. The first-order valence-corrected chi connectivity index (χ1v) is 9.78. The maximum absolute atomic E-state index is 14.4. The molecule has 6 nitrogen and oxygen atoms in total. The summed E-state index contributed by atoms with van der Waals surface area (Å²) in [4.78, 5) is 29.9. The van der Waals surface area contributed by atoms with Crippen molar-refractivity contribution in [3.8, 4) is 11.4 Å². The highest BCUT2D eigenvalue weighted by Gasteiger charge is 2.36. The summed E-state index contributed by atoms with van der Waals surface area (Å²) in [5.41, 5.74) is 4.25. The molecular weight excluding hydrogens is 394 g/mol. The smallest absolute Gasteiger partial charge is 0.340 e. The second-order valence-electron chi connectivity index (χ2n) is 7.89. The van der Waals surface area contributed by atoms with Crippen LogP contribution in [0.4, 0.5) is 8.78 Å². The minimum atomic E-state index is -0.978. The molecule has 30 heavy (non-hydrogen) atoms. The van der Waals surface area contributed by atoms with Gasteiger partial charge in [0.25, 0.3) is 5.56 Å². The van der Waals surface area contributed by atoms with Gasteiger partial charge in [-0.3, -0.25) is 4.79 Å². The summed E-state index contributed by atoms with van der Waals surface area (Å²) in [6.07, 6.45) is 0.899. The molecule has 0 fully saturated rings. The van der Waals surface area contributed by atoms with E-state index in [1.54, 1.807) is 10.6 Å². The van der Waals surface area contributed by atoms with E-state index in [1.165, 1.54) is 7.11 Å². The largest absolute Gasteiger partial charge is 0.458 e. The number of hydrogen-bond donors (Lipinski definition) is 0. The van der Waals surface area contributed by atoms with Crippen LogP contribution in [0.15, 0.2) is 16.9 Å². The average Bonchev–Trinajstić information content (AvgIpc) is 3.11. The number of esters is 1. The van der Waals surface area contributed by atoms with E-state index in [2.05, 4.69) is 4.98 Å². The summed E-state index contributed by atoms with van der Waals surface area (Å²) in [6.45, 7) is 0.200. The van der Waals surface area contributed by atoms with Crippen molar-refractivity contribution < 1.29 is 23.0 Å². The van der Waals surface area contributed by atoms with Crippen molar-refractivity contribution in [2.45, 2.75) is 38.5 Å². The number of rotatable bonds is 1. The number of pyridine rings is 2. The number of aryl methyl sites for hydroxylation is 2. The van der Waals surface area contributed by atoms with Crippen molar-refractivity contribution in [1.82, 2.24) is 9.55 Å². The molecule has 3 aliphatic rings. The predicted molar refractivity (Wildman–Crippen MR) is 102 cm³/mol. The van der Waals surface area contributed by atoms with Crippen molar-refractivity contribution in [3.05, 3.63) is 61.9 Å². The molecule has 0 bridgehead atoms. The lowest BCUT2D eigenvalue weighted by Gasteiger charge is -2.24. The van der Waals surface area contributed by atoms with Gasteiger partial charge < -0.3 is 14.0 Å². The zero-order valence-corrected chi connectivity index (χ0v) is 16.1. The number of halogens is 2. The number of carbonyl (C=O) groups is 1. The summed E-state index contributed by atoms with van der Waals surface area (Å²) in [5.74, 6) is -2.27. The summed E-state index contributed by atoms with van der Waals surface area (Å²) in [7, 11) is 1.38. The van der Waals surface area contributed by atoms with E-state index in [4.69, 9.17) is 9.47 Å². The van der Waals surface area contributed by atoms with E-state index in [0.29, 0.717) is 64.8 Å². The van der Waals surface area contributed by atoms with Gasteiger partial charge in [-0.05, 0) is 30.9 Å². The SMILES string of the molecule is CO[C@@H]1C(=O)OCc2c1cc1n(c2=O)Cc2c-1nc1cc(F)c(F)c3c1c2CCC3. The molecular formula is C22H16F2N2O4. The van der Waals surface area contributed by atoms with Crippen molar-refractivity contribution >= 4 is 16.9 Å². The molecule has 0 N–H and O–H groups in total. The van der Waals surface area contributed by atoms with Crippen molar-refractivity contribution in [2.75, 3.05) is 7.11 Å².